The van der Waals surface area contributed by atoms with Gasteiger partial charge in [0.1, 0.15) is 12.2 Å². The van der Waals surface area contributed by atoms with Gasteiger partial charge < -0.3 is 4.74 Å². The van der Waals surface area contributed by atoms with Gasteiger partial charge >= 0.3 is 5.97 Å². The number of esters is 1. The molecule has 0 bridgehead atoms. The molecule has 1 aliphatic heterocycles. The summed E-state index contributed by atoms with van der Waals surface area (Å²) in [6.45, 7) is 0.247. The maximum absolute atomic E-state index is 13.7. The monoisotopic (exact) mass is 255 g/mol. The van der Waals surface area contributed by atoms with Crippen molar-refractivity contribution in [3.8, 4) is 0 Å². The lowest BCUT2D eigenvalue weighted by Crippen LogP contribution is -2.41. The predicted octanol–water partition coefficient (Wildman–Crippen LogP) is 1.72. The fourth-order valence-corrected chi connectivity index (χ4v) is 2.22. The number of carbonyl (C=O) groups is 1. The second-order valence-corrected chi connectivity index (χ2v) is 4.34. The normalized spacial score (nSPS) is 28.3. The maximum Gasteiger partial charge on any atom is 0.326 e. The number of carbonyl (C=O) groups excluding carboxylic acids is 1. The molecule has 1 aromatic carbocycles. The van der Waals surface area contributed by atoms with E-state index in [0.717, 1.165) is 5.56 Å². The Labute approximate surface area is 104 Å². The topological polar surface area (TPSA) is 29.5 Å². The summed E-state index contributed by atoms with van der Waals surface area (Å²) >= 11 is 0. The lowest BCUT2D eigenvalue weighted by Gasteiger charge is -2.22. The minimum atomic E-state index is -1.82. The van der Waals surface area contributed by atoms with Crippen LogP contribution >= 0.6 is 0 Å². The average Bonchev–Trinajstić information content (AvgIpc) is 2.65. The van der Waals surface area contributed by atoms with Crippen LogP contribution in [0.25, 0.3) is 0 Å². The summed E-state index contributed by atoms with van der Waals surface area (Å²) in [5.74, 6) is -0.724. The summed E-state index contributed by atoms with van der Waals surface area (Å²) in [7, 11) is 1.18. The quantitative estimate of drug-likeness (QED) is 0.770. The fraction of sp³-hybridized carbons (Fsp3) is 0.462. The van der Waals surface area contributed by atoms with Crippen LogP contribution in [0.4, 0.5) is 8.78 Å². The van der Waals surface area contributed by atoms with Gasteiger partial charge in [-0.1, -0.05) is 30.3 Å². The van der Waals surface area contributed by atoms with Gasteiger partial charge in [-0.05, 0) is 5.56 Å². The average molecular weight is 255 g/mol. The van der Waals surface area contributed by atoms with E-state index in [2.05, 4.69) is 4.74 Å². The molecule has 3 nitrogen and oxygen atoms in total. The number of rotatable bonds is 3. The molecule has 0 unspecified atom stereocenters. The van der Waals surface area contributed by atoms with Crippen LogP contribution in [0.3, 0.4) is 0 Å². The summed E-state index contributed by atoms with van der Waals surface area (Å²) in [6.07, 6.45) is -3.46. The Morgan fingerprint density at radius 3 is 2.67 bits per heavy atom. The Kier molecular flexibility index (Phi) is 3.91. The first-order chi connectivity index (χ1) is 8.63. The predicted molar refractivity (Wildman–Crippen MR) is 62.4 cm³/mol. The van der Waals surface area contributed by atoms with E-state index in [1.165, 1.54) is 12.0 Å². The summed E-state index contributed by atoms with van der Waals surface area (Å²) in [5.41, 5.74) is 0.910. The lowest BCUT2D eigenvalue weighted by molar-refractivity contribution is -0.147. The fourth-order valence-electron chi connectivity index (χ4n) is 2.22. The van der Waals surface area contributed by atoms with Crippen molar-refractivity contribution in [3.63, 3.8) is 0 Å². The number of nitrogens with zero attached hydrogens (tertiary/aromatic N) is 1. The molecular weight excluding hydrogens is 240 g/mol. The lowest BCUT2D eigenvalue weighted by atomic mass is 10.1. The molecule has 0 N–H and O–H groups in total. The van der Waals surface area contributed by atoms with Gasteiger partial charge in [0, 0.05) is 13.1 Å². The van der Waals surface area contributed by atoms with E-state index < -0.39 is 24.4 Å². The molecule has 0 radical (unpaired) electrons. The van der Waals surface area contributed by atoms with Crippen LogP contribution in [-0.4, -0.2) is 42.9 Å². The Bertz CT molecular complexity index is 413. The molecule has 1 heterocycles. The van der Waals surface area contributed by atoms with Crippen molar-refractivity contribution in [1.82, 2.24) is 4.90 Å². The van der Waals surface area contributed by atoms with Gasteiger partial charge in [0.25, 0.3) is 0 Å². The molecule has 0 amide bonds. The molecule has 1 aromatic rings. The largest absolute Gasteiger partial charge is 0.468 e. The van der Waals surface area contributed by atoms with Crippen LogP contribution in [0.2, 0.25) is 0 Å². The molecule has 0 aliphatic carbocycles. The SMILES string of the molecule is COC(=O)[C@@H]1[C@@H](F)[C@H](F)CN1Cc1ccccc1. The number of halogens is 2. The van der Waals surface area contributed by atoms with Crippen LogP contribution < -0.4 is 0 Å². The van der Waals surface area contributed by atoms with Gasteiger partial charge in [-0.3, -0.25) is 9.69 Å². The smallest absolute Gasteiger partial charge is 0.326 e. The third-order valence-electron chi connectivity index (χ3n) is 3.12. The molecule has 0 spiro atoms. The molecule has 1 saturated heterocycles. The van der Waals surface area contributed by atoms with Gasteiger partial charge in [0.15, 0.2) is 6.17 Å². The molecule has 98 valence electrons. The van der Waals surface area contributed by atoms with Gasteiger partial charge in [-0.15, -0.1) is 0 Å². The highest BCUT2D eigenvalue weighted by Gasteiger charge is 2.47. The number of hydrogen-bond acceptors (Lipinski definition) is 3. The first kappa shape index (κ1) is 13.0. The van der Waals surface area contributed by atoms with Crippen molar-refractivity contribution >= 4 is 5.97 Å². The Morgan fingerprint density at radius 1 is 1.39 bits per heavy atom. The van der Waals surface area contributed by atoms with Crippen molar-refractivity contribution in [1.29, 1.82) is 0 Å². The number of hydrogen-bond donors (Lipinski definition) is 0. The summed E-state index contributed by atoms with van der Waals surface area (Å²) < 4.78 is 31.6. The van der Waals surface area contributed by atoms with Crippen LogP contribution in [0.15, 0.2) is 30.3 Å². The molecule has 18 heavy (non-hydrogen) atoms. The van der Waals surface area contributed by atoms with E-state index in [-0.39, 0.29) is 6.54 Å². The number of ether oxygens (including phenoxy) is 1. The van der Waals surface area contributed by atoms with Gasteiger partial charge in [-0.25, -0.2) is 8.78 Å². The van der Waals surface area contributed by atoms with Crippen molar-refractivity contribution < 1.29 is 18.3 Å². The highest BCUT2D eigenvalue weighted by atomic mass is 19.2. The van der Waals surface area contributed by atoms with Crippen molar-refractivity contribution in [2.75, 3.05) is 13.7 Å². The minimum absolute atomic E-state index is 0.0875. The Hall–Kier alpha value is -1.49. The molecule has 1 fully saturated rings. The summed E-state index contributed by atoms with van der Waals surface area (Å²) in [5, 5.41) is 0. The van der Waals surface area contributed by atoms with E-state index in [9.17, 15) is 13.6 Å². The molecule has 0 aromatic heterocycles. The minimum Gasteiger partial charge on any atom is -0.468 e. The third kappa shape index (κ3) is 2.51. The van der Waals surface area contributed by atoms with Crippen LogP contribution in [-0.2, 0) is 16.1 Å². The zero-order valence-corrected chi connectivity index (χ0v) is 10.1. The second kappa shape index (κ2) is 5.44. The molecule has 5 heteroatoms. The van der Waals surface area contributed by atoms with Crippen molar-refractivity contribution in [2.45, 2.75) is 24.9 Å². The standard InChI is InChI=1S/C13H15F2NO2/c1-18-13(17)12-11(15)10(14)8-16(12)7-9-5-3-2-4-6-9/h2-6,10-12H,7-8H2,1H3/t10-,11+,12+/m1/s1. The zero-order chi connectivity index (χ0) is 13.1. The van der Waals surface area contributed by atoms with E-state index in [1.807, 2.05) is 30.3 Å². The molecule has 1 aliphatic rings. The number of alkyl halides is 2. The van der Waals surface area contributed by atoms with Gasteiger partial charge in [0.05, 0.1) is 7.11 Å². The second-order valence-electron chi connectivity index (χ2n) is 4.34. The highest BCUT2D eigenvalue weighted by Crippen LogP contribution is 2.26. The molecule has 0 saturated carbocycles. The van der Waals surface area contributed by atoms with Crippen LogP contribution in [0, 0.1) is 0 Å². The number of methoxy groups -OCH3 is 1. The van der Waals surface area contributed by atoms with Crippen molar-refractivity contribution in [2.24, 2.45) is 0 Å². The molecule has 3 atom stereocenters. The van der Waals surface area contributed by atoms with Crippen molar-refractivity contribution in [3.05, 3.63) is 35.9 Å². The third-order valence-corrected chi connectivity index (χ3v) is 3.12. The molecular formula is C13H15F2NO2. The highest BCUT2D eigenvalue weighted by molar-refractivity contribution is 5.77. The molecule has 2 rings (SSSR count). The number of benzene rings is 1. The van der Waals surface area contributed by atoms with Gasteiger partial charge in [-0.2, -0.15) is 0 Å². The van der Waals surface area contributed by atoms with E-state index in [1.54, 1.807) is 0 Å². The summed E-state index contributed by atoms with van der Waals surface area (Å²) in [6, 6.07) is 8.11. The zero-order valence-electron chi connectivity index (χ0n) is 10.1. The van der Waals surface area contributed by atoms with E-state index in [4.69, 9.17) is 0 Å². The summed E-state index contributed by atoms with van der Waals surface area (Å²) in [4.78, 5) is 13.0. The van der Waals surface area contributed by atoms with E-state index in [0.29, 0.717) is 6.54 Å². The first-order valence-electron chi connectivity index (χ1n) is 5.77. The Balaban J connectivity index is 2.13. The Morgan fingerprint density at radius 2 is 2.06 bits per heavy atom. The van der Waals surface area contributed by atoms with Gasteiger partial charge in [0.2, 0.25) is 0 Å². The first-order valence-corrected chi connectivity index (χ1v) is 5.77. The van der Waals surface area contributed by atoms with Crippen LogP contribution in [0.5, 0.6) is 0 Å². The van der Waals surface area contributed by atoms with E-state index >= 15 is 0 Å². The number of likely N-dealkylation sites (tertiary alicyclic amines) is 1. The van der Waals surface area contributed by atoms with Crippen LogP contribution in [0.1, 0.15) is 5.56 Å². The maximum atomic E-state index is 13.7.